The normalized spacial score (nSPS) is 10.9. The third-order valence-electron chi connectivity index (χ3n) is 12.0. The Hall–Kier alpha value is -8.85. The number of nitro groups is 2. The Morgan fingerprint density at radius 2 is 1.14 bits per heavy atom. The molecule has 77 heavy (non-hydrogen) atoms. The molecule has 0 atom stereocenters. The molecule has 0 unspecified atom stereocenters. The number of hydrogen-bond acceptors (Lipinski definition) is 16. The molecule has 0 aliphatic heterocycles. The SMILES string of the molecule is CCCN(C)c1cc(C)c(Nc2ncc(C(=O)OC(C)C)c(-c3cn(C)c4ccccc34)n2)cc1[N+](=O)[O-].CCCNC.Cc1cc(F)c([N+](=O)[O-])cc1Nc1ncc(C(=O)OC(C)C)c(-c2cn(C)c3ccccc23)n1. The van der Waals surface area contributed by atoms with E-state index < -0.39 is 28.4 Å². The summed E-state index contributed by atoms with van der Waals surface area (Å²) in [5.74, 6) is -1.73. The molecule has 404 valence electrons. The number of nitrogens with zero attached hydrogens (tertiary/aromatic N) is 9. The summed E-state index contributed by atoms with van der Waals surface area (Å²) in [6.07, 6.45) is 8.00. The fourth-order valence-electron chi connectivity index (χ4n) is 8.36. The van der Waals surface area contributed by atoms with Gasteiger partial charge in [0.25, 0.3) is 5.69 Å². The molecule has 20 nitrogen and oxygen atoms in total. The monoisotopic (exact) mass is 1050 g/mol. The van der Waals surface area contributed by atoms with Crippen molar-refractivity contribution in [1.82, 2.24) is 34.4 Å². The number of carbonyl (C=O) groups is 2. The van der Waals surface area contributed by atoms with Gasteiger partial charge in [0.1, 0.15) is 16.8 Å². The van der Waals surface area contributed by atoms with Crippen LogP contribution in [-0.4, -0.2) is 90.2 Å². The number of anilines is 5. The fraction of sp³-hybridized carbons (Fsp3) is 0.321. The second-order valence-electron chi connectivity index (χ2n) is 18.7. The zero-order chi connectivity index (χ0) is 56.2. The van der Waals surface area contributed by atoms with Crippen LogP contribution in [0.3, 0.4) is 0 Å². The predicted octanol–water partition coefficient (Wildman–Crippen LogP) is 11.9. The molecule has 8 aromatic rings. The lowest BCUT2D eigenvalue weighted by Crippen LogP contribution is -2.19. The standard InChI is InChI=1S/C28H32N6O4.C24H22FN5O4.C4H11N/c1-7-12-32(5)24-13-18(4)22(14-25(24)34(36)37)30-28-29-15-20(27(35)38-17(2)3)26(31-28)21-16-33(6)23-11-9-8-10-19(21)23;1-13(2)34-23(31)16-11-26-24(27-19-10-21(30(32)33)18(25)9-14(19)3)28-22(16)17-12-29(4)20-8-6-5-7-15(17)20;1-3-4-5-2/h8-11,13-17H,7,12H2,1-6H3,(H,29,30,31);5-13H,1-4H3,(H,26,27,28);5H,3-4H2,1-2H3. The van der Waals surface area contributed by atoms with Crippen LogP contribution in [0.4, 0.5) is 44.7 Å². The second kappa shape index (κ2) is 25.6. The number of fused-ring (bicyclic) bond motifs is 2. The smallest absolute Gasteiger partial charge is 0.342 e. The van der Waals surface area contributed by atoms with Crippen LogP contribution in [0.25, 0.3) is 44.3 Å². The number of aromatic nitrogens is 6. The Kier molecular flexibility index (Phi) is 19.1. The number of ether oxygens (including phenoxy) is 2. The number of aryl methyl sites for hydroxylation is 4. The van der Waals surface area contributed by atoms with Gasteiger partial charge in [-0.2, -0.15) is 4.39 Å². The van der Waals surface area contributed by atoms with Gasteiger partial charge in [0, 0.05) is 97.5 Å². The molecule has 4 heterocycles. The Balaban J connectivity index is 0.000000230. The zero-order valence-corrected chi connectivity index (χ0v) is 45.4. The van der Waals surface area contributed by atoms with Crippen LogP contribution in [0.2, 0.25) is 0 Å². The van der Waals surface area contributed by atoms with Crippen molar-refractivity contribution in [3.63, 3.8) is 0 Å². The molecule has 0 spiro atoms. The molecule has 0 aliphatic rings. The highest BCUT2D eigenvalue weighted by Crippen LogP contribution is 2.37. The van der Waals surface area contributed by atoms with Crippen molar-refractivity contribution in [1.29, 1.82) is 0 Å². The molecule has 4 aromatic heterocycles. The Labute approximate surface area is 446 Å². The summed E-state index contributed by atoms with van der Waals surface area (Å²) in [7, 11) is 7.62. The average molecular weight is 1050 g/mol. The number of halogens is 1. The Morgan fingerprint density at radius 3 is 1.55 bits per heavy atom. The maximum atomic E-state index is 13.9. The first-order chi connectivity index (χ1) is 36.7. The quantitative estimate of drug-likeness (QED) is 0.0436. The Morgan fingerprint density at radius 1 is 0.701 bits per heavy atom. The van der Waals surface area contributed by atoms with Gasteiger partial charge in [-0.1, -0.05) is 50.2 Å². The Bertz CT molecular complexity index is 3440. The number of hydrogen-bond donors (Lipinski definition) is 3. The molecular formula is C56H65FN12O8. The van der Waals surface area contributed by atoms with Crippen molar-refractivity contribution in [2.75, 3.05) is 42.7 Å². The molecule has 0 aliphatic carbocycles. The van der Waals surface area contributed by atoms with Gasteiger partial charge in [-0.05, 0) is 103 Å². The van der Waals surface area contributed by atoms with Crippen LogP contribution < -0.4 is 20.9 Å². The lowest BCUT2D eigenvalue weighted by Gasteiger charge is -2.20. The van der Waals surface area contributed by atoms with Crippen molar-refractivity contribution in [3.05, 3.63) is 146 Å². The fourth-order valence-corrected chi connectivity index (χ4v) is 8.36. The minimum absolute atomic E-state index is 0.0135. The van der Waals surface area contributed by atoms with Crippen molar-refractivity contribution >= 4 is 74.1 Å². The zero-order valence-electron chi connectivity index (χ0n) is 45.4. The molecule has 0 radical (unpaired) electrons. The van der Waals surface area contributed by atoms with E-state index in [4.69, 9.17) is 14.5 Å². The first kappa shape index (κ1) is 57.4. The molecular weight excluding hydrogens is 988 g/mol. The molecule has 0 fully saturated rings. The van der Waals surface area contributed by atoms with Gasteiger partial charge >= 0.3 is 17.6 Å². The molecule has 0 saturated carbocycles. The minimum Gasteiger partial charge on any atom is -0.459 e. The minimum atomic E-state index is -0.933. The highest BCUT2D eigenvalue weighted by molar-refractivity contribution is 6.04. The van der Waals surface area contributed by atoms with Crippen molar-refractivity contribution in [2.24, 2.45) is 14.1 Å². The van der Waals surface area contributed by atoms with Gasteiger partial charge < -0.3 is 39.5 Å². The van der Waals surface area contributed by atoms with Crippen molar-refractivity contribution in [2.45, 2.75) is 80.4 Å². The second-order valence-corrected chi connectivity index (χ2v) is 18.7. The highest BCUT2D eigenvalue weighted by atomic mass is 19.1. The van der Waals surface area contributed by atoms with E-state index in [-0.39, 0.29) is 51.5 Å². The first-order valence-corrected chi connectivity index (χ1v) is 25.1. The summed E-state index contributed by atoms with van der Waals surface area (Å²) in [6.45, 7) is 16.5. The predicted molar refractivity (Wildman–Crippen MR) is 299 cm³/mol. The molecule has 3 N–H and O–H groups in total. The van der Waals surface area contributed by atoms with Gasteiger partial charge in [0.05, 0.1) is 44.8 Å². The topological polar surface area (TPSA) is 240 Å². The maximum Gasteiger partial charge on any atom is 0.342 e. The van der Waals surface area contributed by atoms with Crippen LogP contribution >= 0.6 is 0 Å². The van der Waals surface area contributed by atoms with Gasteiger partial charge in [-0.25, -0.2) is 29.5 Å². The van der Waals surface area contributed by atoms with E-state index in [0.717, 1.165) is 58.0 Å². The largest absolute Gasteiger partial charge is 0.459 e. The third kappa shape index (κ3) is 13.7. The summed E-state index contributed by atoms with van der Waals surface area (Å²) < 4.78 is 28.7. The molecule has 4 aromatic carbocycles. The lowest BCUT2D eigenvalue weighted by molar-refractivity contribution is -0.387. The van der Waals surface area contributed by atoms with E-state index in [0.29, 0.717) is 40.4 Å². The van der Waals surface area contributed by atoms with Crippen molar-refractivity contribution < 1.29 is 33.3 Å². The van der Waals surface area contributed by atoms with Gasteiger partial charge in [0.15, 0.2) is 0 Å². The van der Waals surface area contributed by atoms with E-state index in [9.17, 15) is 34.2 Å². The molecule has 0 amide bonds. The van der Waals surface area contributed by atoms with Crippen molar-refractivity contribution in [3.8, 4) is 22.5 Å². The van der Waals surface area contributed by atoms with E-state index in [1.807, 2.05) is 117 Å². The molecule has 21 heteroatoms. The number of para-hydroxylation sites is 2. The number of esters is 2. The number of carbonyl (C=O) groups excluding carboxylic acids is 2. The lowest BCUT2D eigenvalue weighted by atomic mass is 10.1. The highest BCUT2D eigenvalue weighted by Gasteiger charge is 2.26. The van der Waals surface area contributed by atoms with E-state index in [2.05, 4.69) is 37.8 Å². The third-order valence-corrected chi connectivity index (χ3v) is 12.0. The summed E-state index contributed by atoms with van der Waals surface area (Å²) in [5.41, 5.74) is 6.42. The van der Waals surface area contributed by atoms with E-state index in [1.54, 1.807) is 40.7 Å². The number of nitrogens with one attached hydrogen (secondary N) is 3. The number of benzene rings is 4. The van der Waals surface area contributed by atoms with Gasteiger partial charge in [0.2, 0.25) is 17.7 Å². The molecule has 0 bridgehead atoms. The number of rotatable bonds is 17. The van der Waals surface area contributed by atoms with Crippen LogP contribution in [-0.2, 0) is 23.6 Å². The van der Waals surface area contributed by atoms with Crippen LogP contribution in [0.1, 0.15) is 86.2 Å². The summed E-state index contributed by atoms with van der Waals surface area (Å²) >= 11 is 0. The average Bonchev–Trinajstić information content (AvgIpc) is 3.93. The molecule has 8 rings (SSSR count). The van der Waals surface area contributed by atoms with Crippen LogP contribution in [0, 0.1) is 39.9 Å². The van der Waals surface area contributed by atoms with Crippen LogP contribution in [0.15, 0.2) is 97.6 Å². The van der Waals surface area contributed by atoms with Gasteiger partial charge in [-0.3, -0.25) is 20.2 Å². The summed E-state index contributed by atoms with van der Waals surface area (Å²) in [6, 6.07) is 21.0. The van der Waals surface area contributed by atoms with Crippen LogP contribution in [0.5, 0.6) is 0 Å². The maximum absolute atomic E-state index is 13.9. The summed E-state index contributed by atoms with van der Waals surface area (Å²) in [4.78, 5) is 67.4. The van der Waals surface area contributed by atoms with Gasteiger partial charge in [-0.15, -0.1) is 0 Å². The van der Waals surface area contributed by atoms with E-state index in [1.165, 1.54) is 24.9 Å². The first-order valence-electron chi connectivity index (χ1n) is 25.1. The number of nitro benzene ring substituents is 2. The van der Waals surface area contributed by atoms with E-state index >= 15 is 0 Å². The molecule has 0 saturated heterocycles. The summed E-state index contributed by atoms with van der Waals surface area (Å²) in [5, 5.41) is 33.9.